The highest BCUT2D eigenvalue weighted by Crippen LogP contribution is 2.24. The van der Waals surface area contributed by atoms with Crippen LogP contribution in [-0.2, 0) is 14.8 Å². The molecule has 1 N–H and O–H groups in total. The van der Waals surface area contributed by atoms with E-state index in [9.17, 15) is 13.2 Å². The van der Waals surface area contributed by atoms with Crippen LogP contribution >= 0.6 is 11.6 Å². The van der Waals surface area contributed by atoms with Crippen LogP contribution < -0.4 is 10.1 Å². The molecule has 2 aromatic carbocycles. The second-order valence-electron chi connectivity index (χ2n) is 7.49. The van der Waals surface area contributed by atoms with Gasteiger partial charge in [-0.2, -0.15) is 4.31 Å². The minimum absolute atomic E-state index is 0.0328. The third kappa shape index (κ3) is 5.98. The lowest BCUT2D eigenvalue weighted by Crippen LogP contribution is -2.40. The third-order valence-electron chi connectivity index (χ3n) is 4.99. The van der Waals surface area contributed by atoms with Gasteiger partial charge in [-0.25, -0.2) is 8.42 Å². The molecule has 0 unspecified atom stereocenters. The number of carbonyl (C=O) groups is 1. The van der Waals surface area contributed by atoms with Gasteiger partial charge in [0, 0.05) is 13.1 Å². The van der Waals surface area contributed by atoms with Gasteiger partial charge in [-0.1, -0.05) is 37.6 Å². The Hall–Kier alpha value is -2.13. The lowest BCUT2D eigenvalue weighted by Gasteiger charge is -2.26. The zero-order valence-electron chi connectivity index (χ0n) is 17.6. The number of nitrogens with zero attached hydrogens (tertiary/aromatic N) is 1. The standard InChI is InChI=1S/C22H27ClN2O5S/c1-16(2)17-3-5-18(6-4-17)30-12-9-24-22(26)20-15-19(7-8-21(20)23)31(27,28)25-10-13-29-14-11-25/h3-8,15-16H,9-14H2,1-2H3,(H,24,26). The van der Waals surface area contributed by atoms with Crippen molar-refractivity contribution in [2.45, 2.75) is 24.7 Å². The summed E-state index contributed by atoms with van der Waals surface area (Å²) in [5, 5.41) is 2.90. The molecule has 0 aromatic heterocycles. The fourth-order valence-corrected chi connectivity index (χ4v) is 4.79. The summed E-state index contributed by atoms with van der Waals surface area (Å²) in [5.74, 6) is 0.707. The number of ether oxygens (including phenoxy) is 2. The predicted octanol–water partition coefficient (Wildman–Crippen LogP) is 3.29. The van der Waals surface area contributed by atoms with Crippen molar-refractivity contribution in [3.63, 3.8) is 0 Å². The first-order valence-corrected chi connectivity index (χ1v) is 12.0. The highest BCUT2D eigenvalue weighted by molar-refractivity contribution is 7.89. The van der Waals surface area contributed by atoms with Crippen molar-refractivity contribution >= 4 is 27.5 Å². The Kier molecular flexibility index (Phi) is 7.94. The first kappa shape index (κ1) is 23.5. The van der Waals surface area contributed by atoms with Crippen LogP contribution in [-0.4, -0.2) is 58.1 Å². The third-order valence-corrected chi connectivity index (χ3v) is 7.22. The zero-order valence-corrected chi connectivity index (χ0v) is 19.2. The minimum Gasteiger partial charge on any atom is -0.492 e. The molecule has 1 heterocycles. The zero-order chi connectivity index (χ0) is 22.4. The van der Waals surface area contributed by atoms with E-state index in [-0.39, 0.29) is 41.7 Å². The van der Waals surface area contributed by atoms with E-state index in [0.29, 0.717) is 19.1 Å². The summed E-state index contributed by atoms with van der Waals surface area (Å²) in [7, 11) is -3.72. The van der Waals surface area contributed by atoms with E-state index >= 15 is 0 Å². The SMILES string of the molecule is CC(C)c1ccc(OCCNC(=O)c2cc(S(=O)(=O)N3CCOCC3)ccc2Cl)cc1. The van der Waals surface area contributed by atoms with Crippen molar-refractivity contribution in [3.05, 3.63) is 58.6 Å². The van der Waals surface area contributed by atoms with Crippen LogP contribution in [0.2, 0.25) is 5.02 Å². The molecule has 1 saturated heterocycles. The molecule has 31 heavy (non-hydrogen) atoms. The first-order chi connectivity index (χ1) is 14.8. The van der Waals surface area contributed by atoms with Crippen LogP contribution in [0.5, 0.6) is 5.75 Å². The normalized spacial score (nSPS) is 15.1. The van der Waals surface area contributed by atoms with Crippen LogP contribution in [0.15, 0.2) is 47.4 Å². The smallest absolute Gasteiger partial charge is 0.252 e. The Balaban J connectivity index is 1.59. The molecule has 0 bridgehead atoms. The van der Waals surface area contributed by atoms with Crippen LogP contribution in [0.1, 0.15) is 35.7 Å². The molecule has 0 atom stereocenters. The fourth-order valence-electron chi connectivity index (χ4n) is 3.15. The molecule has 1 aliphatic rings. The van der Waals surface area contributed by atoms with Crippen LogP contribution in [0, 0.1) is 0 Å². The van der Waals surface area contributed by atoms with Crippen molar-refractivity contribution in [2.24, 2.45) is 0 Å². The number of amides is 1. The van der Waals surface area contributed by atoms with Crippen molar-refractivity contribution in [1.82, 2.24) is 9.62 Å². The van der Waals surface area contributed by atoms with Gasteiger partial charge in [0.2, 0.25) is 10.0 Å². The van der Waals surface area contributed by atoms with E-state index in [1.807, 2.05) is 24.3 Å². The lowest BCUT2D eigenvalue weighted by molar-refractivity contribution is 0.0730. The van der Waals surface area contributed by atoms with Crippen molar-refractivity contribution in [1.29, 1.82) is 0 Å². The summed E-state index contributed by atoms with van der Waals surface area (Å²) in [6.45, 7) is 6.03. The Morgan fingerprint density at radius 3 is 2.48 bits per heavy atom. The van der Waals surface area contributed by atoms with E-state index in [2.05, 4.69) is 19.2 Å². The minimum atomic E-state index is -3.72. The van der Waals surface area contributed by atoms with Gasteiger partial charge in [0.25, 0.3) is 5.91 Å². The summed E-state index contributed by atoms with van der Waals surface area (Å²) >= 11 is 6.16. The molecule has 7 nitrogen and oxygen atoms in total. The maximum atomic E-state index is 12.8. The lowest BCUT2D eigenvalue weighted by atomic mass is 10.0. The molecule has 0 aliphatic carbocycles. The van der Waals surface area contributed by atoms with Gasteiger partial charge in [0.1, 0.15) is 12.4 Å². The summed E-state index contributed by atoms with van der Waals surface area (Å²) in [4.78, 5) is 12.6. The maximum Gasteiger partial charge on any atom is 0.252 e. The molecule has 1 amide bonds. The van der Waals surface area contributed by atoms with Crippen molar-refractivity contribution in [2.75, 3.05) is 39.5 Å². The van der Waals surface area contributed by atoms with E-state index in [4.69, 9.17) is 21.1 Å². The van der Waals surface area contributed by atoms with Gasteiger partial charge in [-0.3, -0.25) is 4.79 Å². The van der Waals surface area contributed by atoms with E-state index < -0.39 is 15.9 Å². The average Bonchev–Trinajstić information content (AvgIpc) is 2.77. The van der Waals surface area contributed by atoms with Crippen LogP contribution in [0.25, 0.3) is 0 Å². The topological polar surface area (TPSA) is 84.9 Å². The Bertz CT molecular complexity index is 1000. The first-order valence-electron chi connectivity index (χ1n) is 10.2. The van der Waals surface area contributed by atoms with Gasteiger partial charge in [0.05, 0.1) is 35.2 Å². The highest BCUT2D eigenvalue weighted by Gasteiger charge is 2.27. The molecular weight excluding hydrogens is 440 g/mol. The van der Waals surface area contributed by atoms with E-state index in [1.54, 1.807) is 0 Å². The van der Waals surface area contributed by atoms with Gasteiger partial charge in [-0.15, -0.1) is 0 Å². The largest absolute Gasteiger partial charge is 0.492 e. The molecule has 0 radical (unpaired) electrons. The molecule has 1 aliphatic heterocycles. The second-order valence-corrected chi connectivity index (χ2v) is 9.83. The molecular formula is C22H27ClN2O5S. The highest BCUT2D eigenvalue weighted by atomic mass is 35.5. The Labute approximate surface area is 188 Å². The van der Waals surface area contributed by atoms with Crippen molar-refractivity contribution in [3.8, 4) is 5.75 Å². The fraction of sp³-hybridized carbons (Fsp3) is 0.409. The molecule has 2 aromatic rings. The predicted molar refractivity (Wildman–Crippen MR) is 119 cm³/mol. The number of carbonyl (C=O) groups excluding carboxylic acids is 1. The molecule has 9 heteroatoms. The number of benzene rings is 2. The number of halogens is 1. The molecule has 0 spiro atoms. The molecule has 1 fully saturated rings. The van der Waals surface area contributed by atoms with Gasteiger partial charge >= 0.3 is 0 Å². The number of rotatable bonds is 8. The summed E-state index contributed by atoms with van der Waals surface area (Å²) in [6.07, 6.45) is 0. The summed E-state index contributed by atoms with van der Waals surface area (Å²) in [5.41, 5.74) is 1.33. The van der Waals surface area contributed by atoms with Crippen LogP contribution in [0.4, 0.5) is 0 Å². The summed E-state index contributed by atoms with van der Waals surface area (Å²) in [6, 6.07) is 12.0. The van der Waals surface area contributed by atoms with Crippen molar-refractivity contribution < 1.29 is 22.7 Å². The average molecular weight is 467 g/mol. The monoisotopic (exact) mass is 466 g/mol. The number of morpholine rings is 1. The Morgan fingerprint density at radius 1 is 1.16 bits per heavy atom. The molecule has 3 rings (SSSR count). The van der Waals surface area contributed by atoms with Gasteiger partial charge < -0.3 is 14.8 Å². The quantitative estimate of drug-likeness (QED) is 0.603. The molecule has 0 saturated carbocycles. The Morgan fingerprint density at radius 2 is 1.84 bits per heavy atom. The summed E-state index contributed by atoms with van der Waals surface area (Å²) < 4.78 is 37.9. The van der Waals surface area contributed by atoms with E-state index in [1.165, 1.54) is 28.1 Å². The number of hydrogen-bond donors (Lipinski definition) is 1. The maximum absolute atomic E-state index is 12.8. The molecule has 168 valence electrons. The number of sulfonamides is 1. The van der Waals surface area contributed by atoms with E-state index in [0.717, 1.165) is 5.75 Å². The van der Waals surface area contributed by atoms with Crippen LogP contribution in [0.3, 0.4) is 0 Å². The number of nitrogens with one attached hydrogen (secondary N) is 1. The number of hydrogen-bond acceptors (Lipinski definition) is 5. The van der Waals surface area contributed by atoms with Gasteiger partial charge in [-0.05, 0) is 41.8 Å². The van der Waals surface area contributed by atoms with Gasteiger partial charge in [0.15, 0.2) is 0 Å². The second kappa shape index (κ2) is 10.5.